The van der Waals surface area contributed by atoms with Gasteiger partial charge < -0.3 is 10.1 Å². The highest BCUT2D eigenvalue weighted by atomic mass is 16.5. The molecule has 17 heavy (non-hydrogen) atoms. The number of methoxy groups -OCH3 is 1. The number of nitrogens with one attached hydrogen (secondary N) is 1. The minimum Gasteiger partial charge on any atom is -0.496 e. The van der Waals surface area contributed by atoms with Crippen molar-refractivity contribution in [1.82, 2.24) is 5.32 Å². The van der Waals surface area contributed by atoms with Crippen molar-refractivity contribution in [3.8, 4) is 5.75 Å². The average Bonchev–Trinajstić information content (AvgIpc) is 2.29. The largest absolute Gasteiger partial charge is 0.496 e. The van der Waals surface area contributed by atoms with Crippen LogP contribution in [0.1, 0.15) is 18.1 Å². The Labute approximate surface area is 101 Å². The number of aryl methyl sites for hydroxylation is 1. The quantitative estimate of drug-likeness (QED) is 0.781. The van der Waals surface area contributed by atoms with E-state index in [1.165, 1.54) is 6.92 Å². The molecule has 0 unspecified atom stereocenters. The van der Waals surface area contributed by atoms with Gasteiger partial charge in [-0.3, -0.25) is 9.59 Å². The molecule has 0 spiro atoms. The Balaban J connectivity index is 2.59. The Morgan fingerprint density at radius 1 is 1.35 bits per heavy atom. The molecule has 0 atom stereocenters. The van der Waals surface area contributed by atoms with Crippen molar-refractivity contribution in [2.24, 2.45) is 0 Å². The molecular weight excluding hydrogens is 218 g/mol. The van der Waals surface area contributed by atoms with Crippen LogP contribution >= 0.6 is 0 Å². The van der Waals surface area contributed by atoms with Crippen LogP contribution in [0.25, 0.3) is 0 Å². The number of benzene rings is 1. The molecule has 0 fully saturated rings. The Kier molecular flexibility index (Phi) is 4.69. The number of ether oxygens (including phenoxy) is 1. The highest BCUT2D eigenvalue weighted by Crippen LogP contribution is 2.19. The summed E-state index contributed by atoms with van der Waals surface area (Å²) in [6.07, 6.45) is 0.643. The lowest BCUT2D eigenvalue weighted by molar-refractivity contribution is -0.136. The summed E-state index contributed by atoms with van der Waals surface area (Å²) in [6, 6.07) is 5.88. The van der Waals surface area contributed by atoms with E-state index in [0.29, 0.717) is 13.0 Å². The van der Waals surface area contributed by atoms with Crippen LogP contribution in [-0.4, -0.2) is 25.3 Å². The summed E-state index contributed by atoms with van der Waals surface area (Å²) in [5.74, 6) is -0.217. The molecule has 92 valence electrons. The van der Waals surface area contributed by atoms with Gasteiger partial charge in [-0.2, -0.15) is 0 Å². The first-order chi connectivity index (χ1) is 8.04. The van der Waals surface area contributed by atoms with Gasteiger partial charge >= 0.3 is 0 Å². The summed E-state index contributed by atoms with van der Waals surface area (Å²) in [6.45, 7) is 3.68. The minimum absolute atomic E-state index is 0.429. The standard InChI is InChI=1S/C13H17NO3/c1-9-4-5-12(17-3)11(8-9)6-7-14-13(16)10(2)15/h4-5,8H,6-7H2,1-3H3,(H,14,16). The Morgan fingerprint density at radius 2 is 2.06 bits per heavy atom. The van der Waals surface area contributed by atoms with Gasteiger partial charge in [-0.15, -0.1) is 0 Å². The molecular formula is C13H17NO3. The average molecular weight is 235 g/mol. The van der Waals surface area contributed by atoms with Crippen molar-refractivity contribution >= 4 is 11.7 Å². The second kappa shape index (κ2) is 6.03. The predicted octanol–water partition coefficient (Wildman–Crippen LogP) is 1.25. The summed E-state index contributed by atoms with van der Waals surface area (Å²) in [7, 11) is 1.61. The lowest BCUT2D eigenvalue weighted by atomic mass is 10.1. The molecule has 0 bridgehead atoms. The first-order valence-electron chi connectivity index (χ1n) is 5.47. The fourth-order valence-electron chi connectivity index (χ4n) is 1.54. The van der Waals surface area contributed by atoms with Crippen LogP contribution in [0.3, 0.4) is 0 Å². The lowest BCUT2D eigenvalue weighted by Crippen LogP contribution is -2.30. The zero-order chi connectivity index (χ0) is 12.8. The first kappa shape index (κ1) is 13.2. The second-order valence-corrected chi connectivity index (χ2v) is 3.88. The van der Waals surface area contributed by atoms with Crippen LogP contribution in [0.2, 0.25) is 0 Å². The van der Waals surface area contributed by atoms with Gasteiger partial charge in [-0.25, -0.2) is 0 Å². The maximum atomic E-state index is 11.1. The number of carbonyl (C=O) groups is 2. The molecule has 1 aromatic rings. The molecule has 1 aromatic carbocycles. The lowest BCUT2D eigenvalue weighted by Gasteiger charge is -2.09. The molecule has 1 amide bonds. The van der Waals surface area contributed by atoms with Crippen LogP contribution in [0.4, 0.5) is 0 Å². The van der Waals surface area contributed by atoms with Crippen molar-refractivity contribution in [3.63, 3.8) is 0 Å². The van der Waals surface area contributed by atoms with E-state index < -0.39 is 11.7 Å². The third kappa shape index (κ3) is 3.90. The van der Waals surface area contributed by atoms with E-state index in [4.69, 9.17) is 4.74 Å². The number of hydrogen-bond donors (Lipinski definition) is 1. The van der Waals surface area contributed by atoms with Crippen molar-refractivity contribution in [3.05, 3.63) is 29.3 Å². The fraction of sp³-hybridized carbons (Fsp3) is 0.385. The number of Topliss-reactive ketones (excluding diaryl/α,β-unsaturated/α-hetero) is 1. The van der Waals surface area contributed by atoms with E-state index in [1.54, 1.807) is 7.11 Å². The highest BCUT2D eigenvalue weighted by Gasteiger charge is 2.07. The molecule has 1 rings (SSSR count). The van der Waals surface area contributed by atoms with Gasteiger partial charge in [-0.05, 0) is 25.0 Å². The fourth-order valence-corrected chi connectivity index (χ4v) is 1.54. The third-order valence-corrected chi connectivity index (χ3v) is 2.44. The second-order valence-electron chi connectivity index (χ2n) is 3.88. The van der Waals surface area contributed by atoms with Crippen molar-refractivity contribution in [1.29, 1.82) is 0 Å². The highest BCUT2D eigenvalue weighted by molar-refractivity contribution is 6.35. The molecule has 0 aliphatic rings. The molecule has 0 heterocycles. The maximum Gasteiger partial charge on any atom is 0.287 e. The van der Waals surface area contributed by atoms with E-state index in [2.05, 4.69) is 5.32 Å². The molecule has 0 aliphatic carbocycles. The van der Waals surface area contributed by atoms with E-state index >= 15 is 0 Å². The number of carbonyl (C=O) groups excluding carboxylic acids is 2. The molecule has 0 saturated heterocycles. The third-order valence-electron chi connectivity index (χ3n) is 2.44. The first-order valence-corrected chi connectivity index (χ1v) is 5.47. The van der Waals surface area contributed by atoms with Crippen molar-refractivity contribution in [2.45, 2.75) is 20.3 Å². The SMILES string of the molecule is COc1ccc(C)cc1CCNC(=O)C(C)=O. The minimum atomic E-state index is -0.545. The Hall–Kier alpha value is -1.84. The zero-order valence-corrected chi connectivity index (χ0v) is 10.4. The molecule has 4 nitrogen and oxygen atoms in total. The Bertz CT molecular complexity index is 427. The van der Waals surface area contributed by atoms with Gasteiger partial charge in [0.15, 0.2) is 0 Å². The van der Waals surface area contributed by atoms with Gasteiger partial charge in [0, 0.05) is 13.5 Å². The molecule has 0 aliphatic heterocycles. The number of amides is 1. The van der Waals surface area contributed by atoms with E-state index in [-0.39, 0.29) is 0 Å². The van der Waals surface area contributed by atoms with Crippen LogP contribution < -0.4 is 10.1 Å². The van der Waals surface area contributed by atoms with Gasteiger partial charge in [0.05, 0.1) is 7.11 Å². The van der Waals surface area contributed by atoms with Gasteiger partial charge in [-0.1, -0.05) is 17.7 Å². The van der Waals surface area contributed by atoms with Crippen molar-refractivity contribution in [2.75, 3.05) is 13.7 Å². The van der Waals surface area contributed by atoms with Crippen LogP contribution in [0, 0.1) is 6.92 Å². The Morgan fingerprint density at radius 3 is 2.65 bits per heavy atom. The maximum absolute atomic E-state index is 11.1. The van der Waals surface area contributed by atoms with Crippen molar-refractivity contribution < 1.29 is 14.3 Å². The zero-order valence-electron chi connectivity index (χ0n) is 10.4. The number of ketones is 1. The van der Waals surface area contributed by atoms with E-state index in [1.807, 2.05) is 25.1 Å². The molecule has 0 saturated carbocycles. The monoisotopic (exact) mass is 235 g/mol. The summed E-state index contributed by atoms with van der Waals surface area (Å²) in [5.41, 5.74) is 2.16. The summed E-state index contributed by atoms with van der Waals surface area (Å²) in [4.78, 5) is 21.8. The number of rotatable bonds is 5. The van der Waals surface area contributed by atoms with Gasteiger partial charge in [0.2, 0.25) is 5.78 Å². The molecule has 1 N–H and O–H groups in total. The van der Waals surface area contributed by atoms with E-state index in [0.717, 1.165) is 16.9 Å². The normalized spacial score (nSPS) is 9.82. The van der Waals surface area contributed by atoms with Gasteiger partial charge in [0.1, 0.15) is 5.75 Å². The summed E-state index contributed by atoms with van der Waals surface area (Å²) in [5, 5.41) is 2.56. The molecule has 4 heteroatoms. The summed E-state index contributed by atoms with van der Waals surface area (Å²) >= 11 is 0. The topological polar surface area (TPSA) is 55.4 Å². The summed E-state index contributed by atoms with van der Waals surface area (Å²) < 4.78 is 5.23. The van der Waals surface area contributed by atoms with Crippen LogP contribution in [-0.2, 0) is 16.0 Å². The van der Waals surface area contributed by atoms with Crippen LogP contribution in [0.15, 0.2) is 18.2 Å². The number of hydrogen-bond acceptors (Lipinski definition) is 3. The predicted molar refractivity (Wildman–Crippen MR) is 65.1 cm³/mol. The molecule has 0 aromatic heterocycles. The molecule has 0 radical (unpaired) electrons. The van der Waals surface area contributed by atoms with Crippen LogP contribution in [0.5, 0.6) is 5.75 Å². The smallest absolute Gasteiger partial charge is 0.287 e. The van der Waals surface area contributed by atoms with Gasteiger partial charge in [0.25, 0.3) is 5.91 Å². The van der Waals surface area contributed by atoms with E-state index in [9.17, 15) is 9.59 Å².